The molecule has 1 heterocycles. The van der Waals surface area contributed by atoms with Gasteiger partial charge in [-0.15, -0.1) is 0 Å². The average Bonchev–Trinajstić information content (AvgIpc) is 2.61. The molecule has 3 aromatic carbocycles. The Hall–Kier alpha value is -2.81. The zero-order valence-corrected chi connectivity index (χ0v) is 16.0. The van der Waals surface area contributed by atoms with Crippen LogP contribution < -0.4 is 4.57 Å². The van der Waals surface area contributed by atoms with Gasteiger partial charge in [0, 0.05) is 17.7 Å². The van der Waals surface area contributed by atoms with Crippen LogP contribution in [0, 0.1) is 11.6 Å². The van der Waals surface area contributed by atoms with Gasteiger partial charge in [0.25, 0.3) is 0 Å². The highest BCUT2D eigenvalue weighted by Gasteiger charge is 2.25. The molecule has 0 unspecified atom stereocenters. The summed E-state index contributed by atoms with van der Waals surface area (Å²) in [4.78, 5) is 0. The second-order valence-corrected chi connectivity index (χ2v) is 8.05. The van der Waals surface area contributed by atoms with E-state index in [1.165, 1.54) is 12.1 Å². The molecule has 0 spiro atoms. The van der Waals surface area contributed by atoms with Gasteiger partial charge < -0.3 is 0 Å². The number of aromatic nitrogens is 1. The Bertz CT molecular complexity index is 1120. The molecule has 0 aliphatic carbocycles. The van der Waals surface area contributed by atoms with E-state index < -0.39 is 0 Å². The first kappa shape index (κ1) is 17.6. The van der Waals surface area contributed by atoms with Gasteiger partial charge in [0.1, 0.15) is 18.7 Å². The number of rotatable bonds is 1. The third-order valence-corrected chi connectivity index (χ3v) is 5.18. The van der Waals surface area contributed by atoms with Crippen molar-refractivity contribution in [1.82, 2.24) is 0 Å². The van der Waals surface area contributed by atoms with E-state index in [4.69, 9.17) is 0 Å². The quantitative estimate of drug-likeness (QED) is 0.286. The van der Waals surface area contributed by atoms with E-state index in [0.29, 0.717) is 0 Å². The lowest BCUT2D eigenvalue weighted by atomic mass is 9.80. The van der Waals surface area contributed by atoms with Crippen LogP contribution in [0.25, 0.3) is 32.9 Å². The number of benzene rings is 3. The maximum atomic E-state index is 14.2. The van der Waals surface area contributed by atoms with Gasteiger partial charge in [-0.3, -0.25) is 0 Å². The van der Waals surface area contributed by atoms with E-state index >= 15 is 0 Å². The van der Waals surface area contributed by atoms with Crippen LogP contribution in [0.5, 0.6) is 0 Å². The van der Waals surface area contributed by atoms with Crippen molar-refractivity contribution in [1.29, 1.82) is 0 Å². The van der Waals surface area contributed by atoms with Crippen molar-refractivity contribution in [2.24, 2.45) is 7.05 Å². The summed E-state index contributed by atoms with van der Waals surface area (Å²) < 4.78 is 30.4. The molecule has 0 fully saturated rings. The molecule has 0 saturated heterocycles. The summed E-state index contributed by atoms with van der Waals surface area (Å²) in [6, 6.07) is 17.8. The van der Waals surface area contributed by atoms with E-state index in [-0.39, 0.29) is 17.0 Å². The zero-order chi connectivity index (χ0) is 19.3. The molecule has 0 aliphatic heterocycles. The molecular formula is C24H22F2N+. The Morgan fingerprint density at radius 3 is 1.78 bits per heavy atom. The van der Waals surface area contributed by atoms with Crippen LogP contribution in [0.15, 0.2) is 60.7 Å². The number of pyridine rings is 1. The third kappa shape index (κ3) is 2.87. The first-order valence-corrected chi connectivity index (χ1v) is 9.08. The summed E-state index contributed by atoms with van der Waals surface area (Å²) in [6.45, 7) is 6.46. The van der Waals surface area contributed by atoms with Crippen LogP contribution in [0.2, 0.25) is 0 Å². The van der Waals surface area contributed by atoms with Gasteiger partial charge in [0.15, 0.2) is 0 Å². The molecule has 1 aromatic heterocycles. The molecule has 0 radical (unpaired) electrons. The standard InChI is InChI=1S/C24H22F2N/c1-24(2,3)20-8-6-5-7-17(20)23-18-13-15(25)9-11-21(18)27(4)22-12-10-16(26)14-19(22)23/h5-14H,1-4H3/q+1. The molecule has 136 valence electrons. The van der Waals surface area contributed by atoms with Gasteiger partial charge >= 0.3 is 0 Å². The van der Waals surface area contributed by atoms with Gasteiger partial charge in [-0.25, -0.2) is 8.78 Å². The third-order valence-electron chi connectivity index (χ3n) is 5.18. The second kappa shape index (κ2) is 6.12. The van der Waals surface area contributed by atoms with E-state index in [9.17, 15) is 8.78 Å². The van der Waals surface area contributed by atoms with Gasteiger partial charge in [-0.2, -0.15) is 4.57 Å². The van der Waals surface area contributed by atoms with Gasteiger partial charge in [-0.1, -0.05) is 45.0 Å². The van der Waals surface area contributed by atoms with Crippen molar-refractivity contribution < 1.29 is 13.3 Å². The molecule has 0 N–H and O–H groups in total. The van der Waals surface area contributed by atoms with Gasteiger partial charge in [0.2, 0.25) is 11.0 Å². The highest BCUT2D eigenvalue weighted by molar-refractivity contribution is 6.07. The first-order valence-electron chi connectivity index (χ1n) is 9.08. The molecule has 0 atom stereocenters. The number of hydrogen-bond donors (Lipinski definition) is 0. The summed E-state index contributed by atoms with van der Waals surface area (Å²) >= 11 is 0. The van der Waals surface area contributed by atoms with Crippen LogP contribution >= 0.6 is 0 Å². The van der Waals surface area contributed by atoms with Crippen molar-refractivity contribution in [3.63, 3.8) is 0 Å². The summed E-state index contributed by atoms with van der Waals surface area (Å²) in [7, 11) is 1.93. The van der Waals surface area contributed by atoms with Crippen molar-refractivity contribution in [2.75, 3.05) is 0 Å². The second-order valence-electron chi connectivity index (χ2n) is 8.05. The maximum absolute atomic E-state index is 14.2. The molecule has 4 rings (SSSR count). The van der Waals surface area contributed by atoms with Crippen LogP contribution in [-0.4, -0.2) is 0 Å². The number of fused-ring (bicyclic) bond motifs is 2. The fraction of sp³-hybridized carbons (Fsp3) is 0.208. The van der Waals surface area contributed by atoms with Crippen LogP contribution in [-0.2, 0) is 12.5 Å². The zero-order valence-electron chi connectivity index (χ0n) is 16.0. The van der Waals surface area contributed by atoms with Crippen molar-refractivity contribution in [3.8, 4) is 11.1 Å². The van der Waals surface area contributed by atoms with Crippen molar-refractivity contribution in [3.05, 3.63) is 77.9 Å². The first-order chi connectivity index (χ1) is 12.8. The van der Waals surface area contributed by atoms with Gasteiger partial charge in [0.05, 0.1) is 10.8 Å². The fourth-order valence-corrected chi connectivity index (χ4v) is 3.92. The minimum Gasteiger partial charge on any atom is -0.207 e. The maximum Gasteiger partial charge on any atom is 0.213 e. The van der Waals surface area contributed by atoms with Crippen LogP contribution in [0.4, 0.5) is 8.78 Å². The van der Waals surface area contributed by atoms with E-state index in [1.807, 2.05) is 29.8 Å². The Kier molecular flexibility index (Phi) is 3.99. The minimum atomic E-state index is -0.298. The fourth-order valence-electron chi connectivity index (χ4n) is 3.92. The van der Waals surface area contributed by atoms with Gasteiger partial charge in [-0.05, 0) is 40.8 Å². The molecule has 27 heavy (non-hydrogen) atoms. The lowest BCUT2D eigenvalue weighted by molar-refractivity contribution is -0.617. The van der Waals surface area contributed by atoms with Crippen LogP contribution in [0.1, 0.15) is 26.3 Å². The largest absolute Gasteiger partial charge is 0.213 e. The monoisotopic (exact) mass is 362 g/mol. The van der Waals surface area contributed by atoms with E-state index in [0.717, 1.165) is 38.5 Å². The molecular weight excluding hydrogens is 340 g/mol. The predicted octanol–water partition coefficient (Wildman–Crippen LogP) is 6.06. The summed E-state index contributed by atoms with van der Waals surface area (Å²) in [6.07, 6.45) is 0. The highest BCUT2D eigenvalue weighted by atomic mass is 19.1. The smallest absolute Gasteiger partial charge is 0.207 e. The summed E-state index contributed by atoms with van der Waals surface area (Å²) in [5.74, 6) is -0.597. The number of hydrogen-bond acceptors (Lipinski definition) is 0. The van der Waals surface area contributed by atoms with E-state index in [2.05, 4.69) is 26.8 Å². The summed E-state index contributed by atoms with van der Waals surface area (Å²) in [5.41, 5.74) is 4.76. The molecule has 0 saturated carbocycles. The molecule has 0 aliphatic rings. The topological polar surface area (TPSA) is 3.88 Å². The normalized spacial score (nSPS) is 12.1. The predicted molar refractivity (Wildman–Crippen MR) is 107 cm³/mol. The molecule has 3 heteroatoms. The van der Waals surface area contributed by atoms with Crippen LogP contribution in [0.3, 0.4) is 0 Å². The SMILES string of the molecule is C[n+]1c2ccc(F)cc2c(-c2ccccc2C(C)(C)C)c2cc(F)ccc21. The number of nitrogens with zero attached hydrogens (tertiary/aromatic N) is 1. The van der Waals surface area contributed by atoms with Crippen molar-refractivity contribution >= 4 is 21.8 Å². The Morgan fingerprint density at radius 2 is 1.26 bits per heavy atom. The molecule has 4 aromatic rings. The summed E-state index contributed by atoms with van der Waals surface area (Å²) in [5, 5.41) is 1.57. The average molecular weight is 362 g/mol. The lowest BCUT2D eigenvalue weighted by Gasteiger charge is -2.24. The molecule has 0 amide bonds. The molecule has 1 nitrogen and oxygen atoms in total. The highest BCUT2D eigenvalue weighted by Crippen LogP contribution is 2.40. The number of aryl methyl sites for hydroxylation is 1. The number of halogens is 2. The Morgan fingerprint density at radius 1 is 0.741 bits per heavy atom. The minimum absolute atomic E-state index is 0.103. The van der Waals surface area contributed by atoms with E-state index in [1.54, 1.807) is 24.3 Å². The molecule has 0 bridgehead atoms. The Balaban J connectivity index is 2.28. The Labute approximate surface area is 157 Å². The lowest BCUT2D eigenvalue weighted by Crippen LogP contribution is -2.30. The van der Waals surface area contributed by atoms with Crippen molar-refractivity contribution in [2.45, 2.75) is 26.2 Å².